The number of aromatic nitrogens is 3. The molecule has 0 unspecified atom stereocenters. The maximum Gasteiger partial charge on any atom is 0.243 e. The minimum Gasteiger partial charge on any atom is -0.354 e. The number of nitrogens with one attached hydrogen (secondary N) is 2. The van der Waals surface area contributed by atoms with Crippen molar-refractivity contribution in [2.45, 2.75) is 46.0 Å². The van der Waals surface area contributed by atoms with Crippen molar-refractivity contribution in [1.82, 2.24) is 15.0 Å². The van der Waals surface area contributed by atoms with Crippen molar-refractivity contribution in [1.29, 1.82) is 0 Å². The number of nitrogen functional groups attached to an aromatic ring is 1. The Balaban J connectivity index is 2.04. The molecule has 0 radical (unpaired) electrons. The van der Waals surface area contributed by atoms with Crippen LogP contribution in [0.5, 0.6) is 0 Å². The van der Waals surface area contributed by atoms with Gasteiger partial charge in [0, 0.05) is 19.6 Å². The highest BCUT2D eigenvalue weighted by atomic mass is 15.4. The molecule has 0 bridgehead atoms. The molecule has 0 aromatic carbocycles. The number of rotatable bonds is 7. The Morgan fingerprint density at radius 2 is 1.71 bits per heavy atom. The van der Waals surface area contributed by atoms with Gasteiger partial charge < -0.3 is 10.2 Å². The Kier molecular flexibility index (Phi) is 5.98. The Hall–Kier alpha value is -1.63. The predicted octanol–water partition coefficient (Wildman–Crippen LogP) is 2.00. The van der Waals surface area contributed by atoms with Gasteiger partial charge in [0.2, 0.25) is 17.8 Å². The number of hydrogen-bond acceptors (Lipinski definition) is 7. The maximum absolute atomic E-state index is 5.46. The topological polar surface area (TPSA) is 92.0 Å². The summed E-state index contributed by atoms with van der Waals surface area (Å²) in [4.78, 5) is 15.2. The molecule has 7 heteroatoms. The van der Waals surface area contributed by atoms with E-state index in [0.29, 0.717) is 17.8 Å². The third-order valence-corrected chi connectivity index (χ3v) is 4.07. The van der Waals surface area contributed by atoms with E-state index in [1.54, 1.807) is 0 Å². The number of nitrogens with two attached hydrogens (primary N) is 1. The summed E-state index contributed by atoms with van der Waals surface area (Å²) < 4.78 is 0. The van der Waals surface area contributed by atoms with Crippen molar-refractivity contribution in [3.8, 4) is 0 Å². The van der Waals surface area contributed by atoms with Crippen molar-refractivity contribution in [3.63, 3.8) is 0 Å². The Bertz CT molecular complexity index is 427. The molecule has 1 aliphatic rings. The highest BCUT2D eigenvalue weighted by Crippen LogP contribution is 2.23. The molecule has 1 saturated carbocycles. The molecule has 2 rings (SSSR count). The normalized spacial score (nSPS) is 15.8. The first-order valence-electron chi connectivity index (χ1n) is 7.98. The van der Waals surface area contributed by atoms with Gasteiger partial charge in [-0.25, -0.2) is 5.84 Å². The lowest BCUT2D eigenvalue weighted by molar-refractivity contribution is 0.373. The van der Waals surface area contributed by atoms with E-state index in [4.69, 9.17) is 5.84 Å². The highest BCUT2D eigenvalue weighted by Gasteiger charge is 2.15. The van der Waals surface area contributed by atoms with E-state index in [1.807, 2.05) is 0 Å². The van der Waals surface area contributed by atoms with Crippen LogP contribution in [0.15, 0.2) is 0 Å². The van der Waals surface area contributed by atoms with Crippen LogP contribution < -0.4 is 21.5 Å². The molecule has 4 N–H and O–H groups in total. The Morgan fingerprint density at radius 1 is 1.05 bits per heavy atom. The summed E-state index contributed by atoms with van der Waals surface area (Å²) in [5, 5.41) is 3.35. The van der Waals surface area contributed by atoms with Gasteiger partial charge in [-0.3, -0.25) is 5.43 Å². The van der Waals surface area contributed by atoms with Gasteiger partial charge in [-0.05, 0) is 32.6 Å². The third kappa shape index (κ3) is 4.42. The van der Waals surface area contributed by atoms with E-state index in [2.05, 4.69) is 44.4 Å². The fourth-order valence-corrected chi connectivity index (χ4v) is 2.78. The molecule has 0 atom stereocenters. The summed E-state index contributed by atoms with van der Waals surface area (Å²) in [5.41, 5.74) is 2.52. The van der Waals surface area contributed by atoms with Gasteiger partial charge >= 0.3 is 0 Å². The average Bonchev–Trinajstić information content (AvgIpc) is 2.55. The summed E-state index contributed by atoms with van der Waals surface area (Å²) in [6.07, 6.45) is 6.63. The van der Waals surface area contributed by atoms with Crippen LogP contribution in [0.3, 0.4) is 0 Å². The van der Waals surface area contributed by atoms with Crippen molar-refractivity contribution < 1.29 is 0 Å². The lowest BCUT2D eigenvalue weighted by Gasteiger charge is -2.23. The lowest BCUT2D eigenvalue weighted by Crippen LogP contribution is -2.26. The zero-order valence-electron chi connectivity index (χ0n) is 13.1. The molecular weight excluding hydrogens is 266 g/mol. The molecule has 1 aromatic rings. The first-order valence-corrected chi connectivity index (χ1v) is 7.98. The SMILES string of the molecule is CCN(CC)c1nc(NN)nc(NCC2CCCCC2)n1. The summed E-state index contributed by atoms with van der Waals surface area (Å²) in [5.74, 6) is 7.85. The van der Waals surface area contributed by atoms with Gasteiger partial charge in [-0.1, -0.05) is 19.3 Å². The van der Waals surface area contributed by atoms with Crippen molar-refractivity contribution in [2.24, 2.45) is 11.8 Å². The van der Waals surface area contributed by atoms with Crippen molar-refractivity contribution in [2.75, 3.05) is 35.3 Å². The number of nitrogens with zero attached hydrogens (tertiary/aromatic N) is 4. The van der Waals surface area contributed by atoms with E-state index in [0.717, 1.165) is 25.6 Å². The van der Waals surface area contributed by atoms with Gasteiger partial charge in [-0.15, -0.1) is 0 Å². The summed E-state index contributed by atoms with van der Waals surface area (Å²) in [6.45, 7) is 6.79. The smallest absolute Gasteiger partial charge is 0.243 e. The van der Waals surface area contributed by atoms with Crippen LogP contribution in [0.4, 0.5) is 17.8 Å². The molecule has 118 valence electrons. The molecule has 7 nitrogen and oxygen atoms in total. The summed E-state index contributed by atoms with van der Waals surface area (Å²) in [6, 6.07) is 0. The summed E-state index contributed by atoms with van der Waals surface area (Å²) >= 11 is 0. The quantitative estimate of drug-likeness (QED) is 0.523. The van der Waals surface area contributed by atoms with E-state index in [-0.39, 0.29) is 0 Å². The molecule has 0 spiro atoms. The van der Waals surface area contributed by atoms with Crippen LogP contribution in [0.2, 0.25) is 0 Å². The van der Waals surface area contributed by atoms with Crippen LogP contribution in [0, 0.1) is 5.92 Å². The molecule has 0 amide bonds. The summed E-state index contributed by atoms with van der Waals surface area (Å²) in [7, 11) is 0. The van der Waals surface area contributed by atoms with Gasteiger partial charge in [-0.2, -0.15) is 15.0 Å². The van der Waals surface area contributed by atoms with Crippen LogP contribution >= 0.6 is 0 Å². The fourth-order valence-electron chi connectivity index (χ4n) is 2.78. The second kappa shape index (κ2) is 7.97. The second-order valence-corrected chi connectivity index (χ2v) is 5.48. The van der Waals surface area contributed by atoms with E-state index in [1.165, 1.54) is 32.1 Å². The van der Waals surface area contributed by atoms with Gasteiger partial charge in [0.15, 0.2) is 0 Å². The van der Waals surface area contributed by atoms with E-state index in [9.17, 15) is 0 Å². The zero-order valence-corrected chi connectivity index (χ0v) is 13.1. The Labute approximate surface area is 126 Å². The first-order chi connectivity index (χ1) is 10.3. The molecule has 1 fully saturated rings. The average molecular weight is 293 g/mol. The zero-order chi connectivity index (χ0) is 15.1. The number of hydrazine groups is 1. The van der Waals surface area contributed by atoms with Gasteiger partial charge in [0.25, 0.3) is 0 Å². The lowest BCUT2D eigenvalue weighted by atomic mass is 9.89. The molecule has 1 aromatic heterocycles. The maximum atomic E-state index is 5.46. The van der Waals surface area contributed by atoms with E-state index >= 15 is 0 Å². The number of anilines is 3. The monoisotopic (exact) mass is 293 g/mol. The van der Waals surface area contributed by atoms with Crippen LogP contribution in [0.1, 0.15) is 46.0 Å². The first kappa shape index (κ1) is 15.8. The Morgan fingerprint density at radius 3 is 2.33 bits per heavy atom. The standard InChI is InChI=1S/C14H27N7/c1-3-21(4-2)14-18-12(17-13(19-14)20-15)16-10-11-8-6-5-7-9-11/h11H,3-10,15H2,1-2H3,(H2,16,17,18,19,20). The third-order valence-electron chi connectivity index (χ3n) is 4.07. The molecule has 1 heterocycles. The van der Waals surface area contributed by atoms with Gasteiger partial charge in [0.1, 0.15) is 0 Å². The van der Waals surface area contributed by atoms with Crippen LogP contribution in [-0.4, -0.2) is 34.6 Å². The predicted molar refractivity (Wildman–Crippen MR) is 86.3 cm³/mol. The highest BCUT2D eigenvalue weighted by molar-refractivity contribution is 5.43. The van der Waals surface area contributed by atoms with Crippen molar-refractivity contribution >= 4 is 17.8 Å². The molecule has 21 heavy (non-hydrogen) atoms. The molecular formula is C14H27N7. The fraction of sp³-hybridized carbons (Fsp3) is 0.786. The van der Waals surface area contributed by atoms with Crippen LogP contribution in [0.25, 0.3) is 0 Å². The van der Waals surface area contributed by atoms with Crippen molar-refractivity contribution in [3.05, 3.63) is 0 Å². The van der Waals surface area contributed by atoms with Crippen LogP contribution in [-0.2, 0) is 0 Å². The molecule has 0 saturated heterocycles. The van der Waals surface area contributed by atoms with E-state index < -0.39 is 0 Å². The largest absolute Gasteiger partial charge is 0.354 e. The molecule has 0 aliphatic heterocycles. The number of hydrogen-bond donors (Lipinski definition) is 3. The van der Waals surface area contributed by atoms with Gasteiger partial charge in [0.05, 0.1) is 0 Å². The minimum absolute atomic E-state index is 0.401. The minimum atomic E-state index is 0.401. The molecule has 1 aliphatic carbocycles. The second-order valence-electron chi connectivity index (χ2n) is 5.48.